The van der Waals surface area contributed by atoms with Gasteiger partial charge in [-0.2, -0.15) is 0 Å². The number of aliphatic imine (C=N–C) groups is 1. The first-order chi connectivity index (χ1) is 4.09. The maximum absolute atomic E-state index is 4.03. The average Bonchev–Trinajstić information content (AvgIpc) is 1.84. The van der Waals surface area contributed by atoms with Crippen LogP contribution in [0.5, 0.6) is 0 Å². The maximum Gasteiger partial charge on any atom is 0.0342 e. The summed E-state index contributed by atoms with van der Waals surface area (Å²) in [7, 11) is 1.79. The molecule has 0 spiro atoms. The number of hydrogen-bond donors (Lipinski definition) is 0. The number of rotatable bonds is 2. The highest BCUT2D eigenvalue weighted by Gasteiger charge is 2.00. The molecule has 0 atom stereocenters. The minimum absolute atomic E-state index is 0.522. The molecule has 0 aliphatic carbocycles. The molecule has 0 fully saturated rings. The fourth-order valence-electron chi connectivity index (χ4n) is 0.561. The Hall–Kier alpha value is -0.590. The normalized spacial score (nSPS) is 12.3. The van der Waals surface area contributed by atoms with E-state index in [2.05, 4.69) is 25.4 Å². The van der Waals surface area contributed by atoms with Crippen molar-refractivity contribution in [2.75, 3.05) is 7.05 Å². The molecule has 0 radical (unpaired) electrons. The quantitative estimate of drug-likeness (QED) is 0.502. The molecule has 0 aromatic rings. The molecule has 0 rings (SSSR count). The van der Waals surface area contributed by atoms with Crippen molar-refractivity contribution in [2.24, 2.45) is 10.9 Å². The lowest BCUT2D eigenvalue weighted by Crippen LogP contribution is -2.02. The van der Waals surface area contributed by atoms with Crippen molar-refractivity contribution in [1.29, 1.82) is 0 Å². The Morgan fingerprint density at radius 3 is 2.00 bits per heavy atom. The van der Waals surface area contributed by atoms with Gasteiger partial charge in [0.15, 0.2) is 0 Å². The van der Waals surface area contributed by atoms with Gasteiger partial charge in [0.1, 0.15) is 0 Å². The van der Waals surface area contributed by atoms with E-state index in [0.717, 1.165) is 11.3 Å². The van der Waals surface area contributed by atoms with E-state index in [9.17, 15) is 0 Å². The predicted molar refractivity (Wildman–Crippen MR) is 43.0 cm³/mol. The minimum atomic E-state index is 0.522. The molecular formula is C8H15N. The average molecular weight is 125 g/mol. The van der Waals surface area contributed by atoms with E-state index in [1.807, 2.05) is 6.92 Å². The third-order valence-electron chi connectivity index (χ3n) is 1.50. The van der Waals surface area contributed by atoms with Gasteiger partial charge >= 0.3 is 0 Å². The Morgan fingerprint density at radius 1 is 1.44 bits per heavy atom. The molecule has 1 heteroatoms. The standard InChI is InChI=1S/C8H15N/c1-6(2)7(3)8(4)9-5/h6H,3H2,1-2,4-5H3/b9-8+. The summed E-state index contributed by atoms with van der Waals surface area (Å²) in [5.74, 6) is 0.522. The summed E-state index contributed by atoms with van der Waals surface area (Å²) in [6.07, 6.45) is 0. The van der Waals surface area contributed by atoms with Crippen molar-refractivity contribution in [2.45, 2.75) is 20.8 Å². The van der Waals surface area contributed by atoms with Gasteiger partial charge in [-0.25, -0.2) is 0 Å². The van der Waals surface area contributed by atoms with Gasteiger partial charge in [0.2, 0.25) is 0 Å². The summed E-state index contributed by atoms with van der Waals surface area (Å²) in [5, 5.41) is 0. The molecule has 0 saturated carbocycles. The Bertz CT molecular complexity index is 132. The molecule has 0 heterocycles. The first-order valence-electron chi connectivity index (χ1n) is 3.22. The van der Waals surface area contributed by atoms with Gasteiger partial charge in [-0.05, 0) is 18.4 Å². The molecule has 0 aliphatic heterocycles. The smallest absolute Gasteiger partial charge is 0.0342 e. The molecular weight excluding hydrogens is 110 g/mol. The highest BCUT2D eigenvalue weighted by molar-refractivity contribution is 5.97. The lowest BCUT2D eigenvalue weighted by molar-refractivity contribution is 0.804. The van der Waals surface area contributed by atoms with Crippen LogP contribution in [0.1, 0.15) is 20.8 Å². The first-order valence-corrected chi connectivity index (χ1v) is 3.22. The molecule has 0 N–H and O–H groups in total. The molecule has 0 saturated heterocycles. The summed E-state index contributed by atoms with van der Waals surface area (Å²) in [6, 6.07) is 0. The van der Waals surface area contributed by atoms with Crippen molar-refractivity contribution >= 4 is 5.71 Å². The highest BCUT2D eigenvalue weighted by Crippen LogP contribution is 2.07. The van der Waals surface area contributed by atoms with Crippen molar-refractivity contribution in [3.8, 4) is 0 Å². The van der Waals surface area contributed by atoms with E-state index in [4.69, 9.17) is 0 Å². The van der Waals surface area contributed by atoms with E-state index in [0.29, 0.717) is 5.92 Å². The third kappa shape index (κ3) is 2.45. The number of allylic oxidation sites excluding steroid dienone is 1. The Balaban J connectivity index is 4.06. The SMILES string of the molecule is C=C(/C(C)=N/C)C(C)C. The predicted octanol–water partition coefficient (Wildman–Crippen LogP) is 2.29. The Morgan fingerprint density at radius 2 is 1.89 bits per heavy atom. The van der Waals surface area contributed by atoms with Crippen LogP contribution in [0, 0.1) is 5.92 Å². The summed E-state index contributed by atoms with van der Waals surface area (Å²) in [5.41, 5.74) is 2.20. The van der Waals surface area contributed by atoms with E-state index < -0.39 is 0 Å². The molecule has 0 bridgehead atoms. The molecule has 9 heavy (non-hydrogen) atoms. The van der Waals surface area contributed by atoms with Gasteiger partial charge in [0.25, 0.3) is 0 Å². The van der Waals surface area contributed by atoms with Gasteiger partial charge in [0.05, 0.1) is 0 Å². The zero-order valence-electron chi connectivity index (χ0n) is 6.73. The second-order valence-electron chi connectivity index (χ2n) is 2.49. The number of nitrogens with zero attached hydrogens (tertiary/aromatic N) is 1. The monoisotopic (exact) mass is 125 g/mol. The summed E-state index contributed by atoms with van der Waals surface area (Å²) < 4.78 is 0. The zero-order valence-corrected chi connectivity index (χ0v) is 6.73. The van der Waals surface area contributed by atoms with Crippen molar-refractivity contribution in [1.82, 2.24) is 0 Å². The fraction of sp³-hybridized carbons (Fsp3) is 0.625. The molecule has 0 aromatic heterocycles. The first kappa shape index (κ1) is 8.41. The minimum Gasteiger partial charge on any atom is -0.293 e. The van der Waals surface area contributed by atoms with Crippen molar-refractivity contribution in [3.05, 3.63) is 12.2 Å². The molecule has 0 amide bonds. The second-order valence-corrected chi connectivity index (χ2v) is 2.49. The molecule has 0 aliphatic rings. The molecule has 1 nitrogen and oxygen atoms in total. The number of hydrogen-bond acceptors (Lipinski definition) is 1. The second kappa shape index (κ2) is 3.44. The van der Waals surface area contributed by atoms with Crippen LogP contribution in [-0.2, 0) is 0 Å². The van der Waals surface area contributed by atoms with E-state index in [1.54, 1.807) is 7.05 Å². The third-order valence-corrected chi connectivity index (χ3v) is 1.50. The Kier molecular flexibility index (Phi) is 3.21. The lowest BCUT2D eigenvalue weighted by Gasteiger charge is -2.06. The van der Waals surface area contributed by atoms with Crippen LogP contribution in [0.3, 0.4) is 0 Å². The van der Waals surface area contributed by atoms with Crippen LogP contribution in [0.4, 0.5) is 0 Å². The van der Waals surface area contributed by atoms with Crippen LogP contribution in [-0.4, -0.2) is 12.8 Å². The molecule has 52 valence electrons. The van der Waals surface area contributed by atoms with Gasteiger partial charge in [-0.15, -0.1) is 0 Å². The van der Waals surface area contributed by atoms with E-state index >= 15 is 0 Å². The zero-order chi connectivity index (χ0) is 7.44. The summed E-state index contributed by atoms with van der Waals surface area (Å²) >= 11 is 0. The lowest BCUT2D eigenvalue weighted by atomic mass is 10.0. The largest absolute Gasteiger partial charge is 0.293 e. The van der Waals surface area contributed by atoms with Crippen molar-refractivity contribution in [3.63, 3.8) is 0 Å². The Labute approximate surface area is 57.5 Å². The van der Waals surface area contributed by atoms with E-state index in [-0.39, 0.29) is 0 Å². The van der Waals surface area contributed by atoms with Crippen molar-refractivity contribution < 1.29 is 0 Å². The van der Waals surface area contributed by atoms with Crippen LogP contribution < -0.4 is 0 Å². The van der Waals surface area contributed by atoms with Crippen LogP contribution >= 0.6 is 0 Å². The van der Waals surface area contributed by atoms with Gasteiger partial charge in [-0.1, -0.05) is 20.4 Å². The maximum atomic E-state index is 4.03. The van der Waals surface area contributed by atoms with Crippen LogP contribution in [0.25, 0.3) is 0 Å². The van der Waals surface area contributed by atoms with Crippen LogP contribution in [0.15, 0.2) is 17.1 Å². The van der Waals surface area contributed by atoms with E-state index in [1.165, 1.54) is 0 Å². The molecule has 0 aromatic carbocycles. The molecule has 0 unspecified atom stereocenters. The van der Waals surface area contributed by atoms with Gasteiger partial charge < -0.3 is 0 Å². The van der Waals surface area contributed by atoms with Gasteiger partial charge in [0, 0.05) is 12.8 Å². The summed E-state index contributed by atoms with van der Waals surface area (Å²) in [6.45, 7) is 10.1. The van der Waals surface area contributed by atoms with Crippen LogP contribution in [0.2, 0.25) is 0 Å². The highest BCUT2D eigenvalue weighted by atomic mass is 14.7. The summed E-state index contributed by atoms with van der Waals surface area (Å²) in [4.78, 5) is 4.03. The topological polar surface area (TPSA) is 12.4 Å². The van der Waals surface area contributed by atoms with Gasteiger partial charge in [-0.3, -0.25) is 4.99 Å². The fourth-order valence-corrected chi connectivity index (χ4v) is 0.561.